The number of rotatable bonds is 4. The number of benzene rings is 1. The van der Waals surface area contributed by atoms with Crippen molar-refractivity contribution < 1.29 is 0 Å². The predicted molar refractivity (Wildman–Crippen MR) is 80.2 cm³/mol. The molecule has 3 nitrogen and oxygen atoms in total. The number of hydrogen-bond donors (Lipinski definition) is 1. The summed E-state index contributed by atoms with van der Waals surface area (Å²) in [6.07, 6.45) is 1.00. The number of nitrogens with zero attached hydrogens (tertiary/aromatic N) is 2. The number of nitrogens with one attached hydrogen (secondary N) is 1. The van der Waals surface area contributed by atoms with Crippen LogP contribution in [0.3, 0.4) is 0 Å². The van der Waals surface area contributed by atoms with E-state index in [1.165, 1.54) is 11.3 Å². The van der Waals surface area contributed by atoms with Gasteiger partial charge in [-0.05, 0) is 50.6 Å². The first-order valence-corrected chi connectivity index (χ1v) is 6.94. The molecule has 19 heavy (non-hydrogen) atoms. The molecule has 4 heteroatoms. The van der Waals surface area contributed by atoms with Crippen LogP contribution in [0, 0.1) is 13.8 Å². The number of hydrogen-bond acceptors (Lipinski definition) is 2. The van der Waals surface area contributed by atoms with Crippen LogP contribution in [0.1, 0.15) is 29.4 Å². The molecule has 0 saturated carbocycles. The second-order valence-electron chi connectivity index (χ2n) is 4.72. The Morgan fingerprint density at radius 1 is 1.32 bits per heavy atom. The first kappa shape index (κ1) is 14.1. The molecule has 1 aromatic heterocycles. The van der Waals surface area contributed by atoms with Crippen LogP contribution in [0.15, 0.2) is 18.2 Å². The fourth-order valence-corrected chi connectivity index (χ4v) is 2.68. The van der Waals surface area contributed by atoms with E-state index in [0.717, 1.165) is 34.9 Å². The first-order chi connectivity index (χ1) is 9.08. The van der Waals surface area contributed by atoms with E-state index in [0.29, 0.717) is 0 Å². The van der Waals surface area contributed by atoms with Crippen LogP contribution >= 0.6 is 11.6 Å². The van der Waals surface area contributed by atoms with Crippen molar-refractivity contribution in [3.8, 4) is 5.69 Å². The summed E-state index contributed by atoms with van der Waals surface area (Å²) in [5.41, 5.74) is 5.72. The Labute approximate surface area is 119 Å². The molecule has 0 saturated heterocycles. The van der Waals surface area contributed by atoms with Crippen molar-refractivity contribution in [1.29, 1.82) is 0 Å². The number of aromatic nitrogens is 2. The topological polar surface area (TPSA) is 29.9 Å². The highest BCUT2D eigenvalue weighted by Crippen LogP contribution is 2.23. The van der Waals surface area contributed by atoms with Gasteiger partial charge in [0.05, 0.1) is 11.4 Å². The minimum atomic E-state index is 0.774. The van der Waals surface area contributed by atoms with Crippen molar-refractivity contribution >= 4 is 11.6 Å². The molecule has 0 aliphatic carbocycles. The molecule has 0 aliphatic rings. The highest BCUT2D eigenvalue weighted by atomic mass is 35.5. The van der Waals surface area contributed by atoms with Crippen molar-refractivity contribution in [3.05, 3.63) is 45.7 Å². The lowest BCUT2D eigenvalue weighted by molar-refractivity contribution is 0.810. The van der Waals surface area contributed by atoms with Crippen molar-refractivity contribution in [2.45, 2.75) is 33.7 Å². The third kappa shape index (κ3) is 2.67. The van der Waals surface area contributed by atoms with Crippen molar-refractivity contribution in [2.75, 3.05) is 7.05 Å². The van der Waals surface area contributed by atoms with E-state index in [2.05, 4.69) is 43.3 Å². The molecular formula is C15H20ClN3. The van der Waals surface area contributed by atoms with E-state index in [1.807, 2.05) is 17.8 Å². The maximum atomic E-state index is 6.31. The summed E-state index contributed by atoms with van der Waals surface area (Å²) in [7, 11) is 1.92. The van der Waals surface area contributed by atoms with Gasteiger partial charge in [-0.15, -0.1) is 0 Å². The summed E-state index contributed by atoms with van der Waals surface area (Å²) < 4.78 is 1.98. The molecule has 1 heterocycles. The van der Waals surface area contributed by atoms with E-state index in [1.54, 1.807) is 0 Å². The van der Waals surface area contributed by atoms with Gasteiger partial charge in [0.15, 0.2) is 0 Å². The fourth-order valence-electron chi connectivity index (χ4n) is 2.44. The second kappa shape index (κ2) is 5.76. The van der Waals surface area contributed by atoms with Gasteiger partial charge >= 0.3 is 0 Å². The van der Waals surface area contributed by atoms with Gasteiger partial charge in [0.25, 0.3) is 0 Å². The average molecular weight is 278 g/mol. The molecule has 1 N–H and O–H groups in total. The molecule has 0 aliphatic heterocycles. The summed E-state index contributed by atoms with van der Waals surface area (Å²) in [6.45, 7) is 7.09. The van der Waals surface area contributed by atoms with Gasteiger partial charge in [-0.25, -0.2) is 4.68 Å². The van der Waals surface area contributed by atoms with Gasteiger partial charge in [0.1, 0.15) is 0 Å². The van der Waals surface area contributed by atoms with E-state index in [-0.39, 0.29) is 0 Å². The van der Waals surface area contributed by atoms with E-state index in [4.69, 9.17) is 11.6 Å². The smallest absolute Gasteiger partial charge is 0.0663 e. The normalized spacial score (nSPS) is 11.0. The summed E-state index contributed by atoms with van der Waals surface area (Å²) in [5.74, 6) is 0. The molecular weight excluding hydrogens is 258 g/mol. The monoisotopic (exact) mass is 277 g/mol. The molecule has 0 fully saturated rings. The molecule has 2 rings (SSSR count). The first-order valence-electron chi connectivity index (χ1n) is 6.57. The lowest BCUT2D eigenvalue weighted by atomic mass is 10.1. The molecule has 0 atom stereocenters. The highest BCUT2D eigenvalue weighted by molar-refractivity contribution is 6.31. The lowest BCUT2D eigenvalue weighted by Gasteiger charge is -2.09. The third-order valence-corrected chi connectivity index (χ3v) is 3.80. The average Bonchev–Trinajstić information content (AvgIpc) is 2.67. The van der Waals surface area contributed by atoms with Crippen LogP contribution in [0.4, 0.5) is 0 Å². The molecule has 2 aromatic rings. The van der Waals surface area contributed by atoms with Gasteiger partial charge in [-0.2, -0.15) is 5.10 Å². The quantitative estimate of drug-likeness (QED) is 0.928. The van der Waals surface area contributed by atoms with Crippen LogP contribution in [0.2, 0.25) is 5.02 Å². The Kier molecular flexibility index (Phi) is 4.27. The zero-order valence-electron chi connectivity index (χ0n) is 11.9. The molecule has 102 valence electrons. The predicted octanol–water partition coefficient (Wildman–Crippen LogP) is 3.42. The molecule has 0 radical (unpaired) electrons. The minimum absolute atomic E-state index is 0.774. The fraction of sp³-hybridized carbons (Fsp3) is 0.400. The van der Waals surface area contributed by atoms with Crippen LogP contribution in [-0.4, -0.2) is 16.8 Å². The van der Waals surface area contributed by atoms with Crippen LogP contribution in [0.25, 0.3) is 5.69 Å². The van der Waals surface area contributed by atoms with Crippen LogP contribution in [-0.2, 0) is 13.0 Å². The molecule has 0 unspecified atom stereocenters. The van der Waals surface area contributed by atoms with Gasteiger partial charge in [0.2, 0.25) is 0 Å². The zero-order chi connectivity index (χ0) is 14.0. The lowest BCUT2D eigenvalue weighted by Crippen LogP contribution is -2.06. The third-order valence-electron chi connectivity index (χ3n) is 3.44. The van der Waals surface area contributed by atoms with Gasteiger partial charge < -0.3 is 5.32 Å². The largest absolute Gasteiger partial charge is 0.316 e. The number of aryl methyl sites for hydroxylation is 1. The van der Waals surface area contributed by atoms with E-state index in [9.17, 15) is 0 Å². The van der Waals surface area contributed by atoms with E-state index < -0.39 is 0 Å². The highest BCUT2D eigenvalue weighted by Gasteiger charge is 2.12. The summed E-state index contributed by atoms with van der Waals surface area (Å²) >= 11 is 6.31. The van der Waals surface area contributed by atoms with Crippen molar-refractivity contribution in [2.24, 2.45) is 0 Å². The summed E-state index contributed by atoms with van der Waals surface area (Å²) in [6, 6.07) is 6.10. The van der Waals surface area contributed by atoms with Crippen molar-refractivity contribution in [1.82, 2.24) is 15.1 Å². The summed E-state index contributed by atoms with van der Waals surface area (Å²) in [5, 5.41) is 8.50. The number of halogens is 1. The van der Waals surface area contributed by atoms with Gasteiger partial charge in [0, 0.05) is 17.3 Å². The van der Waals surface area contributed by atoms with Gasteiger partial charge in [-0.1, -0.05) is 24.6 Å². The maximum absolute atomic E-state index is 6.31. The standard InChI is InChI=1S/C15H20ClN3/c1-5-14-10(2)18-19(11(14)3)13-7-6-12(9-17-4)15(16)8-13/h6-8,17H,5,9H2,1-4H3. The SMILES string of the molecule is CCc1c(C)nn(-c2ccc(CNC)c(Cl)c2)c1C. The Bertz CT molecular complexity index is 587. The maximum Gasteiger partial charge on any atom is 0.0663 e. The van der Waals surface area contributed by atoms with Crippen molar-refractivity contribution in [3.63, 3.8) is 0 Å². The zero-order valence-corrected chi connectivity index (χ0v) is 12.7. The molecule has 0 bridgehead atoms. The van der Waals surface area contributed by atoms with Crippen LogP contribution < -0.4 is 5.32 Å². The second-order valence-corrected chi connectivity index (χ2v) is 5.13. The molecule has 0 amide bonds. The molecule has 1 aromatic carbocycles. The minimum Gasteiger partial charge on any atom is -0.316 e. The Balaban J connectivity index is 2.45. The van der Waals surface area contributed by atoms with Crippen LogP contribution in [0.5, 0.6) is 0 Å². The molecule has 0 spiro atoms. The van der Waals surface area contributed by atoms with Gasteiger partial charge in [-0.3, -0.25) is 0 Å². The Morgan fingerprint density at radius 2 is 2.05 bits per heavy atom. The Hall–Kier alpha value is -1.32. The summed E-state index contributed by atoms with van der Waals surface area (Å²) in [4.78, 5) is 0. The Morgan fingerprint density at radius 3 is 2.58 bits per heavy atom. The van der Waals surface area contributed by atoms with E-state index >= 15 is 0 Å².